The molecule has 0 saturated heterocycles. The van der Waals surface area contributed by atoms with Crippen LogP contribution in [0.15, 0.2) is 24.3 Å². The normalized spacial score (nSPS) is 10.5. The first-order chi connectivity index (χ1) is 8.30. The summed E-state index contributed by atoms with van der Waals surface area (Å²) in [5, 5.41) is 8.69. The second-order valence-electron chi connectivity index (χ2n) is 4.38. The maximum absolute atomic E-state index is 8.69. The quantitative estimate of drug-likeness (QED) is 0.718. The van der Waals surface area contributed by atoms with E-state index in [1.165, 1.54) is 18.4 Å². The maximum atomic E-state index is 8.69. The van der Waals surface area contributed by atoms with E-state index in [0.717, 1.165) is 25.2 Å². The summed E-state index contributed by atoms with van der Waals surface area (Å²) >= 11 is 0. The molecule has 92 valence electrons. The van der Waals surface area contributed by atoms with E-state index in [0.29, 0.717) is 6.42 Å². The van der Waals surface area contributed by atoms with Crippen molar-refractivity contribution in [2.45, 2.75) is 39.7 Å². The van der Waals surface area contributed by atoms with Gasteiger partial charge in [-0.2, -0.15) is 5.26 Å². The van der Waals surface area contributed by atoms with Gasteiger partial charge in [0.1, 0.15) is 0 Å². The SMILES string of the molecule is CCCCN(CC)Cc1cccc(CC#N)c1. The summed E-state index contributed by atoms with van der Waals surface area (Å²) in [6, 6.07) is 10.6. The molecule has 0 aliphatic carbocycles. The van der Waals surface area contributed by atoms with E-state index in [-0.39, 0.29) is 0 Å². The Morgan fingerprint density at radius 3 is 2.65 bits per heavy atom. The van der Waals surface area contributed by atoms with Crippen molar-refractivity contribution in [1.82, 2.24) is 4.90 Å². The van der Waals surface area contributed by atoms with Crippen molar-refractivity contribution >= 4 is 0 Å². The highest BCUT2D eigenvalue weighted by molar-refractivity contribution is 5.25. The summed E-state index contributed by atoms with van der Waals surface area (Å²) in [4.78, 5) is 2.45. The van der Waals surface area contributed by atoms with Gasteiger partial charge in [0.15, 0.2) is 0 Å². The molecule has 17 heavy (non-hydrogen) atoms. The minimum absolute atomic E-state index is 0.509. The number of nitrogens with zero attached hydrogens (tertiary/aromatic N) is 2. The van der Waals surface area contributed by atoms with Crippen LogP contribution in [0.25, 0.3) is 0 Å². The minimum Gasteiger partial charge on any atom is -0.299 e. The van der Waals surface area contributed by atoms with Gasteiger partial charge >= 0.3 is 0 Å². The van der Waals surface area contributed by atoms with Crippen molar-refractivity contribution in [1.29, 1.82) is 5.26 Å². The highest BCUT2D eigenvalue weighted by atomic mass is 15.1. The van der Waals surface area contributed by atoms with Gasteiger partial charge in [-0.1, -0.05) is 44.5 Å². The molecule has 0 saturated carbocycles. The largest absolute Gasteiger partial charge is 0.299 e. The average molecular weight is 230 g/mol. The van der Waals surface area contributed by atoms with Gasteiger partial charge in [-0.05, 0) is 30.6 Å². The number of nitriles is 1. The Kier molecular flexibility index (Phi) is 6.35. The summed E-state index contributed by atoms with van der Waals surface area (Å²) in [5.74, 6) is 0. The third kappa shape index (κ3) is 5.01. The minimum atomic E-state index is 0.509. The molecule has 1 rings (SSSR count). The van der Waals surface area contributed by atoms with Crippen LogP contribution in [0, 0.1) is 11.3 Å². The van der Waals surface area contributed by atoms with E-state index >= 15 is 0 Å². The van der Waals surface area contributed by atoms with Gasteiger partial charge in [0, 0.05) is 6.54 Å². The van der Waals surface area contributed by atoms with E-state index < -0.39 is 0 Å². The van der Waals surface area contributed by atoms with E-state index in [2.05, 4.69) is 43.0 Å². The van der Waals surface area contributed by atoms with Gasteiger partial charge in [0.25, 0.3) is 0 Å². The predicted molar refractivity (Wildman–Crippen MR) is 71.6 cm³/mol. The van der Waals surface area contributed by atoms with E-state index in [1.807, 2.05) is 6.07 Å². The number of rotatable bonds is 7. The van der Waals surface area contributed by atoms with Crippen molar-refractivity contribution in [2.24, 2.45) is 0 Å². The molecule has 1 aromatic rings. The lowest BCUT2D eigenvalue weighted by atomic mass is 10.1. The summed E-state index contributed by atoms with van der Waals surface area (Å²) in [6.07, 6.45) is 3.01. The van der Waals surface area contributed by atoms with Crippen molar-refractivity contribution in [2.75, 3.05) is 13.1 Å². The molecule has 0 aromatic heterocycles. The second kappa shape index (κ2) is 7.86. The van der Waals surface area contributed by atoms with Crippen molar-refractivity contribution < 1.29 is 0 Å². The lowest BCUT2D eigenvalue weighted by Crippen LogP contribution is -2.23. The number of hydrogen-bond acceptors (Lipinski definition) is 2. The summed E-state index contributed by atoms with van der Waals surface area (Å²) in [5.41, 5.74) is 2.44. The lowest BCUT2D eigenvalue weighted by molar-refractivity contribution is 0.275. The molecule has 1 aromatic carbocycles. The zero-order chi connectivity index (χ0) is 12.5. The molecule has 2 nitrogen and oxygen atoms in total. The first-order valence-electron chi connectivity index (χ1n) is 6.47. The molecule has 0 aliphatic heterocycles. The van der Waals surface area contributed by atoms with E-state index in [1.54, 1.807) is 0 Å². The van der Waals surface area contributed by atoms with Gasteiger partial charge in [0.05, 0.1) is 12.5 Å². The number of unbranched alkanes of at least 4 members (excludes halogenated alkanes) is 1. The Morgan fingerprint density at radius 2 is 2.00 bits per heavy atom. The Morgan fingerprint density at radius 1 is 1.24 bits per heavy atom. The number of hydrogen-bond donors (Lipinski definition) is 0. The van der Waals surface area contributed by atoms with E-state index in [9.17, 15) is 0 Å². The van der Waals surface area contributed by atoms with Gasteiger partial charge in [0.2, 0.25) is 0 Å². The van der Waals surface area contributed by atoms with Crippen LogP contribution in [-0.4, -0.2) is 18.0 Å². The molecular formula is C15H22N2. The molecule has 0 fully saturated rings. The molecular weight excluding hydrogens is 208 g/mol. The molecule has 0 aliphatic rings. The van der Waals surface area contributed by atoms with Crippen molar-refractivity contribution in [3.63, 3.8) is 0 Å². The van der Waals surface area contributed by atoms with Crippen LogP contribution in [0.2, 0.25) is 0 Å². The van der Waals surface area contributed by atoms with Crippen molar-refractivity contribution in [3.05, 3.63) is 35.4 Å². The molecule has 0 bridgehead atoms. The molecule has 0 unspecified atom stereocenters. The van der Waals surface area contributed by atoms with Crippen LogP contribution in [0.4, 0.5) is 0 Å². The topological polar surface area (TPSA) is 27.0 Å². The predicted octanol–water partition coefficient (Wildman–Crippen LogP) is 3.37. The third-order valence-electron chi connectivity index (χ3n) is 2.96. The molecule has 0 amide bonds. The fourth-order valence-electron chi connectivity index (χ4n) is 1.92. The zero-order valence-electron chi connectivity index (χ0n) is 10.9. The molecule has 0 spiro atoms. The summed E-state index contributed by atoms with van der Waals surface area (Å²) in [7, 11) is 0. The van der Waals surface area contributed by atoms with Crippen LogP contribution < -0.4 is 0 Å². The van der Waals surface area contributed by atoms with Gasteiger partial charge in [-0.15, -0.1) is 0 Å². The summed E-state index contributed by atoms with van der Waals surface area (Å²) < 4.78 is 0. The monoisotopic (exact) mass is 230 g/mol. The highest BCUT2D eigenvalue weighted by Gasteiger charge is 2.03. The van der Waals surface area contributed by atoms with Gasteiger partial charge < -0.3 is 0 Å². The van der Waals surface area contributed by atoms with E-state index in [4.69, 9.17) is 5.26 Å². The average Bonchev–Trinajstić information content (AvgIpc) is 2.35. The van der Waals surface area contributed by atoms with Crippen LogP contribution >= 0.6 is 0 Å². The first kappa shape index (κ1) is 13.7. The van der Waals surface area contributed by atoms with Crippen LogP contribution in [-0.2, 0) is 13.0 Å². The van der Waals surface area contributed by atoms with Crippen LogP contribution in [0.5, 0.6) is 0 Å². The molecule has 0 N–H and O–H groups in total. The van der Waals surface area contributed by atoms with Gasteiger partial charge in [-0.25, -0.2) is 0 Å². The fourth-order valence-corrected chi connectivity index (χ4v) is 1.92. The Balaban J connectivity index is 2.59. The smallest absolute Gasteiger partial charge is 0.0669 e. The first-order valence-corrected chi connectivity index (χ1v) is 6.47. The van der Waals surface area contributed by atoms with Crippen LogP contribution in [0.3, 0.4) is 0 Å². The fraction of sp³-hybridized carbons (Fsp3) is 0.533. The third-order valence-corrected chi connectivity index (χ3v) is 2.96. The molecule has 0 radical (unpaired) electrons. The highest BCUT2D eigenvalue weighted by Crippen LogP contribution is 2.09. The maximum Gasteiger partial charge on any atom is 0.0669 e. The van der Waals surface area contributed by atoms with Crippen molar-refractivity contribution in [3.8, 4) is 6.07 Å². The molecule has 0 heterocycles. The zero-order valence-corrected chi connectivity index (χ0v) is 10.9. The lowest BCUT2D eigenvalue weighted by Gasteiger charge is -2.20. The van der Waals surface area contributed by atoms with Gasteiger partial charge in [-0.3, -0.25) is 4.90 Å². The summed E-state index contributed by atoms with van der Waals surface area (Å²) in [6.45, 7) is 7.67. The molecule has 2 heteroatoms. The molecule has 0 atom stereocenters. The van der Waals surface area contributed by atoms with Crippen LogP contribution in [0.1, 0.15) is 37.8 Å². The standard InChI is InChI=1S/C15H22N2/c1-3-5-11-17(4-2)13-15-8-6-7-14(12-15)9-10-16/h6-8,12H,3-5,9,11,13H2,1-2H3. The number of benzene rings is 1. The Bertz CT molecular complexity index is 365. The Labute approximate surface area is 105 Å². The second-order valence-corrected chi connectivity index (χ2v) is 4.38. The Hall–Kier alpha value is -1.33.